The van der Waals surface area contributed by atoms with Gasteiger partial charge in [-0.1, -0.05) is 12.1 Å². The van der Waals surface area contributed by atoms with Crippen LogP contribution in [0.4, 0.5) is 4.79 Å². The van der Waals surface area contributed by atoms with Crippen molar-refractivity contribution in [1.82, 2.24) is 20.5 Å². The highest BCUT2D eigenvalue weighted by atomic mass is 16.5. The van der Waals surface area contributed by atoms with Gasteiger partial charge in [-0.15, -0.1) is 0 Å². The molecule has 2 N–H and O–H groups in total. The number of fused-ring (bicyclic) bond motifs is 2. The van der Waals surface area contributed by atoms with E-state index in [1.54, 1.807) is 43.8 Å². The van der Waals surface area contributed by atoms with Crippen molar-refractivity contribution in [3.05, 3.63) is 77.8 Å². The van der Waals surface area contributed by atoms with Crippen molar-refractivity contribution >= 4 is 28.8 Å². The first-order chi connectivity index (χ1) is 17.9. The van der Waals surface area contributed by atoms with Crippen LogP contribution in [0.5, 0.6) is 11.5 Å². The third kappa shape index (κ3) is 3.56. The Bertz CT molecular complexity index is 1600. The lowest BCUT2D eigenvalue weighted by molar-refractivity contribution is -0.125. The lowest BCUT2D eigenvalue weighted by Gasteiger charge is -2.29. The first kappa shape index (κ1) is 22.6. The second kappa shape index (κ2) is 8.37. The zero-order valence-electron chi connectivity index (χ0n) is 20.0. The number of pyridine rings is 1. The molecule has 1 fully saturated rings. The molecule has 4 heterocycles. The van der Waals surface area contributed by atoms with Gasteiger partial charge in [0, 0.05) is 29.3 Å². The SMILES string of the molecule is COc1ccc2c(c1)C(=O)N(CC1(c3cc4cc(-c5ccncc5OC)ccc4o3)NC(=O)NC1=O)C2. The van der Waals surface area contributed by atoms with Gasteiger partial charge >= 0.3 is 6.03 Å². The Labute approximate surface area is 211 Å². The predicted octanol–water partition coefficient (Wildman–Crippen LogP) is 3.20. The molecule has 186 valence electrons. The molecule has 1 unspecified atom stereocenters. The fourth-order valence-corrected chi connectivity index (χ4v) is 4.94. The number of furan rings is 1. The zero-order chi connectivity index (χ0) is 25.7. The van der Waals surface area contributed by atoms with Crippen molar-refractivity contribution in [2.24, 2.45) is 0 Å². The van der Waals surface area contributed by atoms with Crippen molar-refractivity contribution in [2.75, 3.05) is 20.8 Å². The summed E-state index contributed by atoms with van der Waals surface area (Å²) in [6.45, 7) is 0.181. The molecular formula is C27H22N4O6. The highest BCUT2D eigenvalue weighted by Gasteiger charge is 2.53. The largest absolute Gasteiger partial charge is 0.497 e. The molecule has 6 rings (SSSR count). The summed E-state index contributed by atoms with van der Waals surface area (Å²) < 4.78 is 16.8. The third-order valence-electron chi connectivity index (χ3n) is 6.82. The smallest absolute Gasteiger partial charge is 0.322 e. The van der Waals surface area contributed by atoms with Gasteiger partial charge in [0.15, 0.2) is 5.54 Å². The van der Waals surface area contributed by atoms with Crippen LogP contribution in [0, 0.1) is 0 Å². The molecule has 2 aliphatic rings. The average Bonchev–Trinajstić information content (AvgIpc) is 3.57. The molecule has 37 heavy (non-hydrogen) atoms. The fourth-order valence-electron chi connectivity index (χ4n) is 4.94. The highest BCUT2D eigenvalue weighted by Crippen LogP contribution is 2.37. The van der Waals surface area contributed by atoms with Crippen molar-refractivity contribution in [1.29, 1.82) is 0 Å². The Balaban J connectivity index is 1.39. The Morgan fingerprint density at radius 2 is 1.89 bits per heavy atom. The summed E-state index contributed by atoms with van der Waals surface area (Å²) in [5.74, 6) is 0.563. The monoisotopic (exact) mass is 498 g/mol. The molecule has 0 aliphatic carbocycles. The summed E-state index contributed by atoms with van der Waals surface area (Å²) in [4.78, 5) is 44.3. The van der Waals surface area contributed by atoms with Gasteiger partial charge in [0.05, 0.1) is 27.0 Å². The van der Waals surface area contributed by atoms with Gasteiger partial charge in [0.25, 0.3) is 11.8 Å². The Morgan fingerprint density at radius 3 is 2.65 bits per heavy atom. The predicted molar refractivity (Wildman–Crippen MR) is 132 cm³/mol. The number of ether oxygens (including phenoxy) is 2. The summed E-state index contributed by atoms with van der Waals surface area (Å²) >= 11 is 0. The number of benzene rings is 2. The summed E-state index contributed by atoms with van der Waals surface area (Å²) in [7, 11) is 3.11. The number of aromatic nitrogens is 1. The summed E-state index contributed by atoms with van der Waals surface area (Å²) in [5, 5.41) is 5.74. The van der Waals surface area contributed by atoms with Gasteiger partial charge in [0.2, 0.25) is 0 Å². The van der Waals surface area contributed by atoms with Crippen LogP contribution in [0.3, 0.4) is 0 Å². The molecule has 0 saturated carbocycles. The summed E-state index contributed by atoms with van der Waals surface area (Å²) in [6, 6.07) is 13.8. The van der Waals surface area contributed by atoms with Gasteiger partial charge in [-0.3, -0.25) is 19.9 Å². The number of hydrogen-bond acceptors (Lipinski definition) is 7. The minimum Gasteiger partial charge on any atom is -0.497 e. The van der Waals surface area contributed by atoms with Crippen LogP contribution in [-0.4, -0.2) is 48.5 Å². The number of rotatable bonds is 6. The van der Waals surface area contributed by atoms with Crippen LogP contribution < -0.4 is 20.1 Å². The minimum atomic E-state index is -1.59. The number of nitrogens with one attached hydrogen (secondary N) is 2. The van der Waals surface area contributed by atoms with E-state index in [9.17, 15) is 14.4 Å². The average molecular weight is 498 g/mol. The number of urea groups is 1. The first-order valence-corrected chi connectivity index (χ1v) is 11.5. The third-order valence-corrected chi connectivity index (χ3v) is 6.82. The van der Waals surface area contributed by atoms with Crippen LogP contribution in [0.25, 0.3) is 22.1 Å². The van der Waals surface area contributed by atoms with Gasteiger partial charge in [-0.2, -0.15) is 0 Å². The molecule has 2 aliphatic heterocycles. The van der Waals surface area contributed by atoms with Crippen LogP contribution in [0.2, 0.25) is 0 Å². The highest BCUT2D eigenvalue weighted by molar-refractivity contribution is 6.08. The topological polar surface area (TPSA) is 123 Å². The van der Waals surface area contributed by atoms with Crippen LogP contribution >= 0.6 is 0 Å². The molecule has 0 spiro atoms. The molecule has 2 aromatic heterocycles. The van der Waals surface area contributed by atoms with Gasteiger partial charge in [-0.05, 0) is 47.5 Å². The maximum Gasteiger partial charge on any atom is 0.322 e. The van der Waals surface area contributed by atoms with E-state index in [4.69, 9.17) is 13.9 Å². The van der Waals surface area contributed by atoms with Gasteiger partial charge < -0.3 is 24.1 Å². The Morgan fingerprint density at radius 1 is 1.03 bits per heavy atom. The maximum absolute atomic E-state index is 13.2. The molecule has 2 aromatic carbocycles. The van der Waals surface area contributed by atoms with E-state index in [1.807, 2.05) is 24.3 Å². The number of amides is 4. The van der Waals surface area contributed by atoms with Crippen LogP contribution in [-0.2, 0) is 16.9 Å². The number of carbonyl (C=O) groups is 3. The van der Waals surface area contributed by atoms with Crippen molar-refractivity contribution in [2.45, 2.75) is 12.1 Å². The first-order valence-electron chi connectivity index (χ1n) is 11.5. The number of methoxy groups -OCH3 is 2. The molecule has 1 saturated heterocycles. The molecule has 1 atom stereocenters. The molecule has 10 heteroatoms. The molecule has 4 amide bonds. The number of carbonyl (C=O) groups excluding carboxylic acids is 3. The standard InChI is InChI=1S/C27H22N4O6/c1-35-18-5-3-16-13-31(24(32)20(16)11-18)14-27(25(33)29-26(34)30-27)23-10-17-9-15(4-6-21(17)37-23)19-7-8-28-12-22(19)36-2/h3-12H,13-14H2,1-2H3,(H2,29,30,33,34). The van der Waals surface area contributed by atoms with Gasteiger partial charge in [0.1, 0.15) is 22.8 Å². The number of nitrogens with zero attached hydrogens (tertiary/aromatic N) is 2. The fraction of sp³-hybridized carbons (Fsp3) is 0.185. The van der Waals surface area contributed by atoms with Crippen LogP contribution in [0.1, 0.15) is 21.7 Å². The number of hydrogen-bond donors (Lipinski definition) is 2. The Kier molecular flexibility index (Phi) is 5.11. The quantitative estimate of drug-likeness (QED) is 0.392. The molecule has 4 aromatic rings. The van der Waals surface area contributed by atoms with E-state index in [1.165, 1.54) is 12.0 Å². The zero-order valence-corrected chi connectivity index (χ0v) is 20.0. The van der Waals surface area contributed by atoms with Crippen molar-refractivity contribution < 1.29 is 28.3 Å². The van der Waals surface area contributed by atoms with Crippen LogP contribution in [0.15, 0.2) is 65.3 Å². The second-order valence-electron chi connectivity index (χ2n) is 8.94. The maximum atomic E-state index is 13.2. The molecular weight excluding hydrogens is 476 g/mol. The number of imide groups is 1. The van der Waals surface area contributed by atoms with Gasteiger partial charge in [-0.25, -0.2) is 4.79 Å². The van der Waals surface area contributed by atoms with E-state index in [0.29, 0.717) is 22.6 Å². The van der Waals surface area contributed by atoms with E-state index in [-0.39, 0.29) is 24.8 Å². The molecule has 0 radical (unpaired) electrons. The van der Waals surface area contributed by atoms with E-state index < -0.39 is 17.5 Å². The van der Waals surface area contributed by atoms with E-state index in [2.05, 4.69) is 15.6 Å². The van der Waals surface area contributed by atoms with E-state index >= 15 is 0 Å². The summed E-state index contributed by atoms with van der Waals surface area (Å²) in [5.41, 5.74) is 1.96. The molecule has 10 nitrogen and oxygen atoms in total. The van der Waals surface area contributed by atoms with E-state index in [0.717, 1.165) is 22.1 Å². The van der Waals surface area contributed by atoms with Crippen molar-refractivity contribution in [3.63, 3.8) is 0 Å². The minimum absolute atomic E-state index is 0.106. The second-order valence-corrected chi connectivity index (χ2v) is 8.94. The Hall–Kier alpha value is -4.86. The lowest BCUT2D eigenvalue weighted by Crippen LogP contribution is -2.52. The summed E-state index contributed by atoms with van der Waals surface area (Å²) in [6.07, 6.45) is 3.31. The lowest BCUT2D eigenvalue weighted by atomic mass is 9.95. The van der Waals surface area contributed by atoms with Crippen molar-refractivity contribution in [3.8, 4) is 22.6 Å². The molecule has 0 bridgehead atoms. The normalized spacial score (nSPS) is 18.6.